The minimum Gasteiger partial charge on any atom is -0.458 e. The van der Waals surface area contributed by atoms with Crippen molar-refractivity contribution < 1.29 is 4.42 Å². The van der Waals surface area contributed by atoms with Crippen molar-refractivity contribution in [1.82, 2.24) is 5.32 Å². The van der Waals surface area contributed by atoms with E-state index in [1.165, 1.54) is 32.1 Å². The number of benzene rings is 1. The van der Waals surface area contributed by atoms with E-state index in [9.17, 15) is 0 Å². The maximum Gasteiger partial charge on any atom is 0.152 e. The maximum atomic E-state index is 6.23. The second-order valence-corrected chi connectivity index (χ2v) is 6.67. The average molecular weight is 306 g/mol. The molecule has 0 spiro atoms. The lowest BCUT2D eigenvalue weighted by Gasteiger charge is -2.32. The molecular weight excluding hydrogens is 282 g/mol. The summed E-state index contributed by atoms with van der Waals surface area (Å²) in [6.45, 7) is 2.31. The molecule has 2 nitrogen and oxygen atoms in total. The lowest BCUT2D eigenvalue weighted by molar-refractivity contribution is 0.210. The van der Waals surface area contributed by atoms with Gasteiger partial charge in [-0.25, -0.2) is 0 Å². The van der Waals surface area contributed by atoms with Gasteiger partial charge in [0.2, 0.25) is 0 Å². The topological polar surface area (TPSA) is 25.2 Å². The summed E-state index contributed by atoms with van der Waals surface area (Å²) in [4.78, 5) is 0. The first kappa shape index (κ1) is 14.9. The number of hydrogen-bond acceptors (Lipinski definition) is 2. The van der Waals surface area contributed by atoms with Crippen molar-refractivity contribution in [2.45, 2.75) is 45.1 Å². The van der Waals surface area contributed by atoms with E-state index in [-0.39, 0.29) is 0 Å². The Morgan fingerprint density at radius 1 is 1.29 bits per heavy atom. The second kappa shape index (κ2) is 6.41. The van der Waals surface area contributed by atoms with Crippen LogP contribution in [0.1, 0.15) is 50.8 Å². The number of para-hydroxylation sites is 1. The first-order valence-corrected chi connectivity index (χ1v) is 8.46. The summed E-state index contributed by atoms with van der Waals surface area (Å²) < 4.78 is 6.06. The molecule has 1 unspecified atom stereocenters. The normalized spacial score (nSPS) is 24.3. The largest absolute Gasteiger partial charge is 0.458 e. The van der Waals surface area contributed by atoms with Gasteiger partial charge in [0, 0.05) is 5.39 Å². The summed E-state index contributed by atoms with van der Waals surface area (Å²) in [6.07, 6.45) is 6.58. The molecule has 0 radical (unpaired) electrons. The van der Waals surface area contributed by atoms with Gasteiger partial charge in [0.15, 0.2) is 5.58 Å². The van der Waals surface area contributed by atoms with Gasteiger partial charge in [-0.3, -0.25) is 0 Å². The lowest BCUT2D eigenvalue weighted by Crippen LogP contribution is -2.28. The van der Waals surface area contributed by atoms with Crippen molar-refractivity contribution in [3.63, 3.8) is 0 Å². The van der Waals surface area contributed by atoms with Gasteiger partial charge in [0.05, 0.1) is 11.1 Å². The summed E-state index contributed by atoms with van der Waals surface area (Å²) in [5.41, 5.74) is 0.816. The number of nitrogens with one attached hydrogen (secondary N) is 1. The third-order valence-electron chi connectivity index (χ3n) is 5.07. The summed E-state index contributed by atoms with van der Waals surface area (Å²) in [6, 6.07) is 8.37. The minimum atomic E-state index is 0.297. The molecule has 0 saturated heterocycles. The van der Waals surface area contributed by atoms with E-state index in [1.807, 2.05) is 19.2 Å². The zero-order valence-electron chi connectivity index (χ0n) is 12.9. The predicted molar refractivity (Wildman–Crippen MR) is 88.8 cm³/mol. The first-order chi connectivity index (χ1) is 10.2. The fourth-order valence-electron chi connectivity index (χ4n) is 3.74. The van der Waals surface area contributed by atoms with Crippen molar-refractivity contribution in [2.24, 2.45) is 11.8 Å². The van der Waals surface area contributed by atoms with Gasteiger partial charge in [-0.05, 0) is 43.9 Å². The number of furan rings is 1. The number of halogens is 1. The van der Waals surface area contributed by atoms with E-state index < -0.39 is 0 Å². The molecule has 3 rings (SSSR count). The molecule has 1 saturated carbocycles. The van der Waals surface area contributed by atoms with Gasteiger partial charge in [0.1, 0.15) is 5.76 Å². The highest BCUT2D eigenvalue weighted by Crippen LogP contribution is 2.39. The molecule has 0 bridgehead atoms. The Bertz CT molecular complexity index is 598. The summed E-state index contributed by atoms with van der Waals surface area (Å²) in [5.74, 6) is 2.61. The third kappa shape index (κ3) is 2.97. The standard InChI is InChI=1S/C18H24ClNO/c1-3-12-7-9-13(10-8-12)17(20-2)16-11-14-5-4-6-15(19)18(14)21-16/h4-6,11-13,17,20H,3,7-10H2,1-2H3. The Morgan fingerprint density at radius 3 is 2.67 bits per heavy atom. The highest BCUT2D eigenvalue weighted by Gasteiger charge is 2.29. The van der Waals surface area contributed by atoms with E-state index in [0.717, 1.165) is 22.6 Å². The molecule has 1 heterocycles. The van der Waals surface area contributed by atoms with Gasteiger partial charge in [-0.1, -0.05) is 49.9 Å². The molecule has 1 aromatic heterocycles. The Kier molecular flexibility index (Phi) is 4.56. The second-order valence-electron chi connectivity index (χ2n) is 6.26. The maximum absolute atomic E-state index is 6.23. The zero-order chi connectivity index (χ0) is 14.8. The van der Waals surface area contributed by atoms with Crippen LogP contribution in [0.5, 0.6) is 0 Å². The SMILES string of the molecule is CCC1CCC(C(NC)c2cc3cccc(Cl)c3o2)CC1. The Morgan fingerprint density at radius 2 is 2.05 bits per heavy atom. The molecule has 1 aromatic carbocycles. The quantitative estimate of drug-likeness (QED) is 0.799. The fourth-order valence-corrected chi connectivity index (χ4v) is 3.96. The highest BCUT2D eigenvalue weighted by molar-refractivity contribution is 6.34. The first-order valence-electron chi connectivity index (χ1n) is 8.08. The number of hydrogen-bond donors (Lipinski definition) is 1. The van der Waals surface area contributed by atoms with Crippen molar-refractivity contribution in [2.75, 3.05) is 7.05 Å². The molecule has 114 valence electrons. The monoisotopic (exact) mass is 305 g/mol. The van der Waals surface area contributed by atoms with Crippen LogP contribution in [-0.2, 0) is 0 Å². The van der Waals surface area contributed by atoms with E-state index in [1.54, 1.807) is 0 Å². The third-order valence-corrected chi connectivity index (χ3v) is 5.37. The molecule has 1 aliphatic carbocycles. The molecule has 3 heteroatoms. The Balaban J connectivity index is 1.83. The molecule has 1 fully saturated rings. The van der Waals surface area contributed by atoms with Crippen LogP contribution in [0.25, 0.3) is 11.0 Å². The zero-order valence-corrected chi connectivity index (χ0v) is 13.6. The van der Waals surface area contributed by atoms with Crippen LogP contribution in [0, 0.1) is 11.8 Å². The average Bonchev–Trinajstić information content (AvgIpc) is 2.94. The predicted octanol–water partition coefficient (Wildman–Crippen LogP) is 5.56. The number of fused-ring (bicyclic) bond motifs is 1. The van der Waals surface area contributed by atoms with Crippen LogP contribution in [0.2, 0.25) is 5.02 Å². The minimum absolute atomic E-state index is 0.297. The number of rotatable bonds is 4. The summed E-state index contributed by atoms with van der Waals surface area (Å²) in [5, 5.41) is 5.26. The van der Waals surface area contributed by atoms with Crippen LogP contribution in [0.4, 0.5) is 0 Å². The van der Waals surface area contributed by atoms with Gasteiger partial charge in [0.25, 0.3) is 0 Å². The van der Waals surface area contributed by atoms with Gasteiger partial charge in [-0.15, -0.1) is 0 Å². The van der Waals surface area contributed by atoms with Gasteiger partial charge < -0.3 is 9.73 Å². The van der Waals surface area contributed by atoms with Gasteiger partial charge >= 0.3 is 0 Å². The van der Waals surface area contributed by atoms with Gasteiger partial charge in [-0.2, -0.15) is 0 Å². The fraction of sp³-hybridized carbons (Fsp3) is 0.556. The summed E-state index contributed by atoms with van der Waals surface area (Å²) in [7, 11) is 2.03. The van der Waals surface area contributed by atoms with Crippen molar-refractivity contribution >= 4 is 22.6 Å². The Hall–Kier alpha value is -0.990. The van der Waals surface area contributed by atoms with E-state index in [4.69, 9.17) is 16.0 Å². The van der Waals surface area contributed by atoms with Crippen molar-refractivity contribution in [3.05, 3.63) is 35.0 Å². The van der Waals surface area contributed by atoms with Crippen LogP contribution < -0.4 is 5.32 Å². The molecule has 2 aromatic rings. The van der Waals surface area contributed by atoms with Crippen LogP contribution >= 0.6 is 11.6 Å². The lowest BCUT2D eigenvalue weighted by atomic mass is 9.77. The van der Waals surface area contributed by atoms with E-state index in [2.05, 4.69) is 24.4 Å². The molecular formula is C18H24ClNO. The summed E-state index contributed by atoms with van der Waals surface area (Å²) >= 11 is 6.23. The molecule has 1 aliphatic rings. The van der Waals surface area contributed by atoms with Crippen molar-refractivity contribution in [3.8, 4) is 0 Å². The van der Waals surface area contributed by atoms with Crippen LogP contribution in [-0.4, -0.2) is 7.05 Å². The molecule has 0 amide bonds. The van der Waals surface area contributed by atoms with Crippen LogP contribution in [0.15, 0.2) is 28.7 Å². The molecule has 0 aliphatic heterocycles. The molecule has 1 N–H and O–H groups in total. The Labute approximate surface area is 131 Å². The molecule has 21 heavy (non-hydrogen) atoms. The van der Waals surface area contributed by atoms with Crippen LogP contribution in [0.3, 0.4) is 0 Å². The molecule has 1 atom stereocenters. The van der Waals surface area contributed by atoms with E-state index >= 15 is 0 Å². The van der Waals surface area contributed by atoms with E-state index in [0.29, 0.717) is 17.0 Å². The smallest absolute Gasteiger partial charge is 0.152 e. The highest BCUT2D eigenvalue weighted by atomic mass is 35.5. The van der Waals surface area contributed by atoms with Crippen molar-refractivity contribution in [1.29, 1.82) is 0 Å².